The van der Waals surface area contributed by atoms with E-state index in [9.17, 15) is 4.79 Å². The molecule has 0 saturated heterocycles. The van der Waals surface area contributed by atoms with Gasteiger partial charge in [-0.05, 0) is 12.1 Å². The van der Waals surface area contributed by atoms with E-state index >= 15 is 0 Å². The Morgan fingerprint density at radius 2 is 2.05 bits per heavy atom. The van der Waals surface area contributed by atoms with Gasteiger partial charge in [-0.15, -0.1) is 0 Å². The number of para-hydroxylation sites is 2. The maximum absolute atomic E-state index is 10.9. The van der Waals surface area contributed by atoms with Gasteiger partial charge >= 0.3 is 5.97 Å². The molecule has 1 aromatic carbocycles. The molecule has 2 aromatic rings. The Morgan fingerprint density at radius 1 is 1.32 bits per heavy atom. The number of aromatic nitrogens is 2. The molecule has 0 saturated carbocycles. The van der Waals surface area contributed by atoms with Gasteiger partial charge in [0.1, 0.15) is 5.75 Å². The highest BCUT2D eigenvalue weighted by Gasteiger charge is 2.13. The third kappa shape index (κ3) is 2.62. The number of ether oxygens (including phenoxy) is 1. The maximum atomic E-state index is 10.9. The third-order valence-electron chi connectivity index (χ3n) is 2.63. The minimum Gasteiger partial charge on any atom is -0.495 e. The summed E-state index contributed by atoms with van der Waals surface area (Å²) < 4.78 is 5.26. The molecule has 1 N–H and O–H groups in total. The second-order valence-electron chi connectivity index (χ2n) is 3.80. The summed E-state index contributed by atoms with van der Waals surface area (Å²) in [6.07, 6.45) is 2.71. The number of benzene rings is 1. The van der Waals surface area contributed by atoms with Gasteiger partial charge < -0.3 is 14.7 Å². The maximum Gasteiger partial charge on any atom is 0.356 e. The summed E-state index contributed by atoms with van der Waals surface area (Å²) in [6, 6.07) is 7.40. The Hall–Kier alpha value is -2.63. The molecule has 0 radical (unpaired) electrons. The number of hydrogen-bond acceptors (Lipinski definition) is 5. The Kier molecular flexibility index (Phi) is 3.61. The Labute approximate surface area is 110 Å². The highest BCUT2D eigenvalue weighted by Crippen LogP contribution is 2.30. The van der Waals surface area contributed by atoms with E-state index in [2.05, 4.69) is 9.97 Å². The van der Waals surface area contributed by atoms with Crippen LogP contribution in [0.1, 0.15) is 10.5 Å². The fourth-order valence-electron chi connectivity index (χ4n) is 1.65. The van der Waals surface area contributed by atoms with Crippen LogP contribution in [0.15, 0.2) is 36.7 Å². The highest BCUT2D eigenvalue weighted by atomic mass is 16.5. The van der Waals surface area contributed by atoms with Gasteiger partial charge in [0.15, 0.2) is 11.5 Å². The Balaban J connectivity index is 2.41. The van der Waals surface area contributed by atoms with Crippen LogP contribution in [0.4, 0.5) is 11.5 Å². The van der Waals surface area contributed by atoms with Crippen LogP contribution in [0, 0.1) is 0 Å². The molecule has 1 heterocycles. The zero-order valence-corrected chi connectivity index (χ0v) is 10.6. The van der Waals surface area contributed by atoms with Crippen molar-refractivity contribution in [3.05, 3.63) is 42.4 Å². The molecule has 98 valence electrons. The van der Waals surface area contributed by atoms with Gasteiger partial charge in [0.2, 0.25) is 0 Å². The lowest BCUT2D eigenvalue weighted by molar-refractivity contribution is 0.0690. The van der Waals surface area contributed by atoms with Gasteiger partial charge in [0, 0.05) is 7.05 Å². The van der Waals surface area contributed by atoms with E-state index in [1.165, 1.54) is 12.4 Å². The SMILES string of the molecule is COc1ccccc1N(C)c1cncc(C(=O)O)n1. The summed E-state index contributed by atoms with van der Waals surface area (Å²) in [4.78, 5) is 20.5. The van der Waals surface area contributed by atoms with Gasteiger partial charge in [0.25, 0.3) is 0 Å². The van der Waals surface area contributed by atoms with E-state index in [4.69, 9.17) is 9.84 Å². The van der Waals surface area contributed by atoms with Crippen LogP contribution in [-0.4, -0.2) is 35.2 Å². The van der Waals surface area contributed by atoms with Crippen LogP contribution in [0.5, 0.6) is 5.75 Å². The first-order valence-corrected chi connectivity index (χ1v) is 5.55. The predicted octanol–water partition coefficient (Wildman–Crippen LogP) is 1.95. The lowest BCUT2D eigenvalue weighted by Gasteiger charge is -2.20. The Bertz CT molecular complexity index is 601. The van der Waals surface area contributed by atoms with Crippen molar-refractivity contribution in [1.29, 1.82) is 0 Å². The number of anilines is 2. The van der Waals surface area contributed by atoms with Crippen molar-refractivity contribution >= 4 is 17.5 Å². The molecule has 6 heteroatoms. The van der Waals surface area contributed by atoms with Crippen molar-refractivity contribution in [2.75, 3.05) is 19.1 Å². The fourth-order valence-corrected chi connectivity index (χ4v) is 1.65. The zero-order chi connectivity index (χ0) is 13.8. The van der Waals surface area contributed by atoms with Crippen LogP contribution >= 0.6 is 0 Å². The number of hydrogen-bond donors (Lipinski definition) is 1. The molecule has 0 bridgehead atoms. The molecular weight excluding hydrogens is 246 g/mol. The summed E-state index contributed by atoms with van der Waals surface area (Å²) in [7, 11) is 3.35. The van der Waals surface area contributed by atoms with Gasteiger partial charge in [-0.25, -0.2) is 9.78 Å². The van der Waals surface area contributed by atoms with Crippen molar-refractivity contribution in [3.63, 3.8) is 0 Å². The van der Waals surface area contributed by atoms with Crippen molar-refractivity contribution in [2.24, 2.45) is 0 Å². The van der Waals surface area contributed by atoms with Gasteiger partial charge in [-0.2, -0.15) is 0 Å². The first-order valence-electron chi connectivity index (χ1n) is 5.55. The molecule has 2 rings (SSSR count). The van der Waals surface area contributed by atoms with Crippen LogP contribution < -0.4 is 9.64 Å². The highest BCUT2D eigenvalue weighted by molar-refractivity contribution is 5.85. The fraction of sp³-hybridized carbons (Fsp3) is 0.154. The van der Waals surface area contributed by atoms with Gasteiger partial charge in [-0.3, -0.25) is 4.98 Å². The van der Waals surface area contributed by atoms with Crippen LogP contribution in [0.25, 0.3) is 0 Å². The molecule has 0 aliphatic heterocycles. The third-order valence-corrected chi connectivity index (χ3v) is 2.63. The van der Waals surface area contributed by atoms with E-state index in [0.29, 0.717) is 11.6 Å². The monoisotopic (exact) mass is 259 g/mol. The largest absolute Gasteiger partial charge is 0.495 e. The van der Waals surface area contributed by atoms with Gasteiger partial charge in [-0.1, -0.05) is 12.1 Å². The number of methoxy groups -OCH3 is 1. The van der Waals surface area contributed by atoms with E-state index in [-0.39, 0.29) is 5.69 Å². The van der Waals surface area contributed by atoms with E-state index < -0.39 is 5.97 Å². The predicted molar refractivity (Wildman–Crippen MR) is 70.0 cm³/mol. The summed E-state index contributed by atoms with van der Waals surface area (Å²) in [6.45, 7) is 0. The number of aromatic carboxylic acids is 1. The normalized spacial score (nSPS) is 10.0. The van der Waals surface area contributed by atoms with Crippen molar-refractivity contribution in [2.45, 2.75) is 0 Å². The topological polar surface area (TPSA) is 75.5 Å². The minimum absolute atomic E-state index is 0.0979. The second-order valence-corrected chi connectivity index (χ2v) is 3.80. The van der Waals surface area contributed by atoms with Crippen molar-refractivity contribution in [1.82, 2.24) is 9.97 Å². The molecule has 1 aromatic heterocycles. The number of carbonyl (C=O) groups is 1. The molecule has 19 heavy (non-hydrogen) atoms. The molecule has 0 amide bonds. The lowest BCUT2D eigenvalue weighted by Crippen LogP contribution is -2.14. The molecule has 0 aliphatic carbocycles. The van der Waals surface area contributed by atoms with Crippen molar-refractivity contribution in [3.8, 4) is 5.75 Å². The number of nitrogens with zero attached hydrogens (tertiary/aromatic N) is 3. The number of carboxylic acid groups (broad SMARTS) is 1. The smallest absolute Gasteiger partial charge is 0.356 e. The standard InChI is InChI=1S/C13H13N3O3/c1-16(10-5-3-4-6-11(10)19-2)12-8-14-7-9(15-12)13(17)18/h3-8H,1-2H3,(H,17,18). The average Bonchev–Trinajstić information content (AvgIpc) is 2.46. The molecule has 0 fully saturated rings. The van der Waals surface area contributed by atoms with Crippen molar-refractivity contribution < 1.29 is 14.6 Å². The summed E-state index contributed by atoms with van der Waals surface area (Å²) >= 11 is 0. The summed E-state index contributed by atoms with van der Waals surface area (Å²) in [5.41, 5.74) is 0.682. The van der Waals surface area contributed by atoms with E-state index in [1.807, 2.05) is 24.3 Å². The molecule has 0 atom stereocenters. The quantitative estimate of drug-likeness (QED) is 0.904. The lowest BCUT2D eigenvalue weighted by atomic mass is 10.2. The molecular formula is C13H13N3O3. The number of rotatable bonds is 4. The van der Waals surface area contributed by atoms with Crippen LogP contribution in [-0.2, 0) is 0 Å². The Morgan fingerprint density at radius 3 is 2.74 bits per heavy atom. The average molecular weight is 259 g/mol. The van der Waals surface area contributed by atoms with E-state index in [1.54, 1.807) is 19.1 Å². The molecule has 6 nitrogen and oxygen atoms in total. The minimum atomic E-state index is -1.11. The summed E-state index contributed by atoms with van der Waals surface area (Å²) in [5.74, 6) is -0.000273. The van der Waals surface area contributed by atoms with Crippen LogP contribution in [0.2, 0.25) is 0 Å². The first kappa shape index (κ1) is 12.8. The molecule has 0 aliphatic rings. The second kappa shape index (κ2) is 5.34. The molecule has 0 spiro atoms. The first-order chi connectivity index (χ1) is 9.13. The van der Waals surface area contributed by atoms with E-state index in [0.717, 1.165) is 5.69 Å². The van der Waals surface area contributed by atoms with Gasteiger partial charge in [0.05, 0.1) is 25.2 Å². The van der Waals surface area contributed by atoms with Crippen LogP contribution in [0.3, 0.4) is 0 Å². The molecule has 0 unspecified atom stereocenters. The number of carboxylic acids is 1. The zero-order valence-electron chi connectivity index (χ0n) is 10.6. The summed E-state index contributed by atoms with van der Waals surface area (Å²) in [5, 5.41) is 8.92.